The zero-order valence-corrected chi connectivity index (χ0v) is 14.6. The monoisotopic (exact) mass is 374 g/mol. The van der Waals surface area contributed by atoms with Gasteiger partial charge >= 0.3 is 5.97 Å². The highest BCUT2D eigenvalue weighted by Crippen LogP contribution is 2.29. The molecule has 0 radical (unpaired) electrons. The Labute approximate surface area is 153 Å². The fourth-order valence-electron chi connectivity index (χ4n) is 2.33. The summed E-state index contributed by atoms with van der Waals surface area (Å²) in [7, 11) is 1.19. The van der Waals surface area contributed by atoms with Gasteiger partial charge in [-0.15, -0.1) is 0 Å². The lowest BCUT2D eigenvalue weighted by molar-refractivity contribution is 0.0592. The van der Waals surface area contributed by atoms with E-state index in [1.54, 1.807) is 48.5 Å². The summed E-state index contributed by atoms with van der Waals surface area (Å²) in [5, 5.41) is 1.13. The Morgan fingerprint density at radius 2 is 1.48 bits per heavy atom. The summed E-state index contributed by atoms with van der Waals surface area (Å²) in [6, 6.07) is 13.8. The van der Waals surface area contributed by atoms with Crippen LogP contribution in [-0.2, 0) is 4.74 Å². The second kappa shape index (κ2) is 7.09. The number of esters is 1. The normalized spacial score (nSPS) is 10.5. The van der Waals surface area contributed by atoms with Crippen molar-refractivity contribution in [3.8, 4) is 22.5 Å². The summed E-state index contributed by atoms with van der Waals surface area (Å²) < 4.78 is 4.63. The molecule has 3 rings (SSSR count). The van der Waals surface area contributed by atoms with Crippen molar-refractivity contribution in [3.05, 3.63) is 74.6 Å². The van der Waals surface area contributed by atoms with E-state index in [1.165, 1.54) is 7.11 Å². The number of nitrogens with one attached hydrogen (secondary N) is 1. The average molecular weight is 375 g/mol. The first kappa shape index (κ1) is 17.2. The summed E-state index contributed by atoms with van der Waals surface area (Å²) in [4.78, 5) is 31.0. The van der Waals surface area contributed by atoms with Crippen LogP contribution < -0.4 is 5.56 Å². The molecule has 1 heterocycles. The summed E-state index contributed by atoms with van der Waals surface area (Å²) in [6.07, 6.45) is 0. The van der Waals surface area contributed by atoms with Gasteiger partial charge in [-0.25, -0.2) is 9.78 Å². The summed E-state index contributed by atoms with van der Waals surface area (Å²) in [6.45, 7) is 0. The Morgan fingerprint density at radius 3 is 2.00 bits per heavy atom. The van der Waals surface area contributed by atoms with Gasteiger partial charge in [-0.3, -0.25) is 4.79 Å². The number of benzene rings is 2. The molecule has 1 N–H and O–H groups in total. The second-order valence-corrected chi connectivity index (χ2v) is 6.02. The van der Waals surface area contributed by atoms with Crippen molar-refractivity contribution >= 4 is 29.2 Å². The third-order valence-electron chi connectivity index (χ3n) is 3.54. The minimum atomic E-state index is -0.806. The second-order valence-electron chi connectivity index (χ2n) is 5.14. The van der Waals surface area contributed by atoms with Gasteiger partial charge in [0.1, 0.15) is 0 Å². The van der Waals surface area contributed by atoms with Gasteiger partial charge in [-0.2, -0.15) is 0 Å². The minimum absolute atomic E-state index is 0.315. The fraction of sp³-hybridized carbons (Fsp3) is 0.0556. The Kier molecular flexibility index (Phi) is 4.88. The molecule has 0 saturated carbocycles. The van der Waals surface area contributed by atoms with Crippen LogP contribution in [0.2, 0.25) is 10.0 Å². The summed E-state index contributed by atoms with van der Waals surface area (Å²) in [5.41, 5.74) is 1.35. The Bertz CT molecular complexity index is 981. The van der Waals surface area contributed by atoms with Crippen molar-refractivity contribution in [2.45, 2.75) is 0 Å². The van der Waals surface area contributed by atoms with Crippen LogP contribution in [0.25, 0.3) is 22.5 Å². The number of halogens is 2. The van der Waals surface area contributed by atoms with Gasteiger partial charge in [-0.05, 0) is 24.3 Å². The first-order valence-electron chi connectivity index (χ1n) is 7.24. The molecular formula is C18H12Cl2N2O3. The molecule has 0 spiro atoms. The maximum absolute atomic E-state index is 12.3. The first-order valence-corrected chi connectivity index (χ1v) is 7.99. The molecule has 7 heteroatoms. The molecule has 2 aromatic carbocycles. The predicted octanol–water partition coefficient (Wildman–Crippen LogP) is 4.20. The predicted molar refractivity (Wildman–Crippen MR) is 97.1 cm³/mol. The maximum Gasteiger partial charge on any atom is 0.362 e. The summed E-state index contributed by atoms with van der Waals surface area (Å²) >= 11 is 11.9. The number of aromatic amines is 1. The number of nitrogens with zero attached hydrogens (tertiary/aromatic N) is 1. The van der Waals surface area contributed by atoms with Crippen molar-refractivity contribution in [1.82, 2.24) is 9.97 Å². The van der Waals surface area contributed by atoms with Gasteiger partial charge in [0.2, 0.25) is 5.69 Å². The molecular weight excluding hydrogens is 363 g/mol. The number of carbonyl (C=O) groups is 1. The number of aromatic nitrogens is 2. The molecule has 5 nitrogen and oxygen atoms in total. The van der Waals surface area contributed by atoms with Crippen LogP contribution in [0.5, 0.6) is 0 Å². The molecule has 0 atom stereocenters. The van der Waals surface area contributed by atoms with Crippen LogP contribution in [0.1, 0.15) is 10.5 Å². The Hall–Kier alpha value is -2.63. The maximum atomic E-state index is 12.3. The molecule has 0 amide bonds. The highest BCUT2D eigenvalue weighted by molar-refractivity contribution is 6.31. The van der Waals surface area contributed by atoms with E-state index in [9.17, 15) is 9.59 Å². The third kappa shape index (κ3) is 3.57. The lowest BCUT2D eigenvalue weighted by Crippen LogP contribution is -2.22. The molecule has 0 bridgehead atoms. The van der Waals surface area contributed by atoms with Gasteiger partial charge < -0.3 is 9.72 Å². The molecule has 0 aliphatic rings. The average Bonchev–Trinajstić information content (AvgIpc) is 2.62. The molecule has 1 aromatic heterocycles. The van der Waals surface area contributed by atoms with Crippen molar-refractivity contribution in [2.24, 2.45) is 0 Å². The van der Waals surface area contributed by atoms with Crippen molar-refractivity contribution in [3.63, 3.8) is 0 Å². The van der Waals surface area contributed by atoms with E-state index in [1.807, 2.05) is 0 Å². The van der Waals surface area contributed by atoms with Crippen molar-refractivity contribution in [1.29, 1.82) is 0 Å². The van der Waals surface area contributed by atoms with Crippen LogP contribution >= 0.6 is 23.2 Å². The van der Waals surface area contributed by atoms with Crippen molar-refractivity contribution in [2.75, 3.05) is 7.11 Å². The summed E-state index contributed by atoms with van der Waals surface area (Å²) in [5.74, 6) is -0.806. The smallest absolute Gasteiger partial charge is 0.362 e. The molecule has 0 aliphatic carbocycles. The van der Waals surface area contributed by atoms with E-state index in [-0.39, 0.29) is 5.69 Å². The largest absolute Gasteiger partial charge is 0.464 e. The molecule has 0 saturated heterocycles. The highest BCUT2D eigenvalue weighted by Gasteiger charge is 2.19. The van der Waals surface area contributed by atoms with Gasteiger partial charge in [0.05, 0.1) is 18.5 Å². The fourth-order valence-corrected chi connectivity index (χ4v) is 2.58. The van der Waals surface area contributed by atoms with Crippen LogP contribution in [-0.4, -0.2) is 23.0 Å². The van der Waals surface area contributed by atoms with E-state index in [4.69, 9.17) is 23.2 Å². The molecule has 126 valence electrons. The zero-order valence-electron chi connectivity index (χ0n) is 13.0. The number of H-pyrrole nitrogens is 1. The SMILES string of the molecule is COC(=O)c1nc(-c2ccc(Cl)cc2)c(-c2ccc(Cl)cc2)[nH]c1=O. The topological polar surface area (TPSA) is 72.0 Å². The standard InChI is InChI=1S/C18H12Cl2N2O3/c1-25-18(24)16-17(23)22-15(11-4-8-13(20)9-5-11)14(21-16)10-2-6-12(19)7-3-10/h2-9H,1H3,(H,22,23). The van der Waals surface area contributed by atoms with Crippen LogP contribution in [0, 0.1) is 0 Å². The van der Waals surface area contributed by atoms with E-state index in [0.29, 0.717) is 32.6 Å². The number of ether oxygens (including phenoxy) is 1. The Morgan fingerprint density at radius 1 is 0.960 bits per heavy atom. The van der Waals surface area contributed by atoms with E-state index in [2.05, 4.69) is 14.7 Å². The zero-order chi connectivity index (χ0) is 18.0. The lowest BCUT2D eigenvalue weighted by Gasteiger charge is -2.11. The number of carbonyl (C=O) groups excluding carboxylic acids is 1. The van der Waals surface area contributed by atoms with Crippen LogP contribution in [0.4, 0.5) is 0 Å². The quantitative estimate of drug-likeness (QED) is 0.697. The number of hydrogen-bond donors (Lipinski definition) is 1. The minimum Gasteiger partial charge on any atom is -0.464 e. The molecule has 0 unspecified atom stereocenters. The molecule has 3 aromatic rings. The molecule has 0 aliphatic heterocycles. The Balaban J connectivity index is 2.27. The van der Waals surface area contributed by atoms with Gasteiger partial charge in [0, 0.05) is 21.2 Å². The van der Waals surface area contributed by atoms with E-state index in [0.717, 1.165) is 0 Å². The molecule has 25 heavy (non-hydrogen) atoms. The number of hydrogen-bond acceptors (Lipinski definition) is 4. The number of rotatable bonds is 3. The van der Waals surface area contributed by atoms with E-state index < -0.39 is 11.5 Å². The van der Waals surface area contributed by atoms with Gasteiger partial charge in [0.15, 0.2) is 0 Å². The van der Waals surface area contributed by atoms with Gasteiger partial charge in [-0.1, -0.05) is 47.5 Å². The van der Waals surface area contributed by atoms with Crippen LogP contribution in [0.3, 0.4) is 0 Å². The third-order valence-corrected chi connectivity index (χ3v) is 4.05. The van der Waals surface area contributed by atoms with Crippen molar-refractivity contribution < 1.29 is 9.53 Å². The lowest BCUT2D eigenvalue weighted by atomic mass is 10.0. The van der Waals surface area contributed by atoms with E-state index >= 15 is 0 Å². The first-order chi connectivity index (χ1) is 12.0. The van der Waals surface area contributed by atoms with Crippen LogP contribution in [0.15, 0.2) is 53.3 Å². The highest BCUT2D eigenvalue weighted by atomic mass is 35.5. The van der Waals surface area contributed by atoms with Gasteiger partial charge in [0.25, 0.3) is 5.56 Å². The number of methoxy groups -OCH3 is 1. The molecule has 0 fully saturated rings.